The largest absolute Gasteiger partial charge is 0.481 e. The van der Waals surface area contributed by atoms with E-state index in [0.717, 1.165) is 5.69 Å². The summed E-state index contributed by atoms with van der Waals surface area (Å²) < 4.78 is 4.98. The van der Waals surface area contributed by atoms with Crippen LogP contribution in [0.15, 0.2) is 41.9 Å². The van der Waals surface area contributed by atoms with E-state index in [9.17, 15) is 9.90 Å². The normalized spacial score (nSPS) is 22.0. The third-order valence-electron chi connectivity index (χ3n) is 2.67. The number of rotatable bonds is 4. The number of ether oxygens (including phenoxy) is 1. The SMILES string of the molecule is CCO/C(O)=C1\C(=O)ON(C)C1Nc1ccccc1. The number of anilines is 1. The van der Waals surface area contributed by atoms with Crippen LogP contribution in [0.2, 0.25) is 0 Å². The van der Waals surface area contributed by atoms with Gasteiger partial charge in [-0.25, -0.2) is 4.79 Å². The maximum Gasteiger partial charge on any atom is 0.363 e. The Morgan fingerprint density at radius 3 is 2.79 bits per heavy atom. The number of hydrogen-bond donors (Lipinski definition) is 2. The first-order valence-electron chi connectivity index (χ1n) is 5.96. The molecule has 1 fully saturated rings. The van der Waals surface area contributed by atoms with Gasteiger partial charge >= 0.3 is 5.97 Å². The molecule has 0 radical (unpaired) electrons. The summed E-state index contributed by atoms with van der Waals surface area (Å²) in [4.78, 5) is 16.7. The van der Waals surface area contributed by atoms with Crippen LogP contribution in [0.5, 0.6) is 0 Å². The fourth-order valence-corrected chi connectivity index (χ4v) is 1.80. The van der Waals surface area contributed by atoms with Gasteiger partial charge in [-0.05, 0) is 19.1 Å². The van der Waals surface area contributed by atoms with Gasteiger partial charge in [0.1, 0.15) is 0 Å². The molecular weight excluding hydrogens is 248 g/mol. The predicted molar refractivity (Wildman–Crippen MR) is 69.0 cm³/mol. The molecule has 1 atom stereocenters. The molecule has 6 nitrogen and oxygen atoms in total. The molecule has 2 N–H and O–H groups in total. The van der Waals surface area contributed by atoms with E-state index in [4.69, 9.17) is 9.57 Å². The second-order valence-corrected chi connectivity index (χ2v) is 3.99. The highest BCUT2D eigenvalue weighted by Crippen LogP contribution is 2.24. The lowest BCUT2D eigenvalue weighted by molar-refractivity contribution is -0.167. The second kappa shape index (κ2) is 5.62. The van der Waals surface area contributed by atoms with Gasteiger partial charge in [-0.2, -0.15) is 0 Å². The van der Waals surface area contributed by atoms with Crippen molar-refractivity contribution in [3.05, 3.63) is 41.9 Å². The second-order valence-electron chi connectivity index (χ2n) is 3.99. The Kier molecular flexibility index (Phi) is 3.91. The van der Waals surface area contributed by atoms with Crippen LogP contribution in [0.4, 0.5) is 5.69 Å². The fourth-order valence-electron chi connectivity index (χ4n) is 1.80. The Bertz CT molecular complexity index is 487. The highest BCUT2D eigenvalue weighted by atomic mass is 16.7. The number of hydroxylamine groups is 2. The standard InChI is InChI=1S/C13H16N2O4/c1-3-18-12(16)10-11(15(2)19-13(10)17)14-9-7-5-4-6-8-9/h4-8,11,14,16H,3H2,1-2H3/b12-10-. The van der Waals surface area contributed by atoms with Gasteiger partial charge in [0, 0.05) is 12.7 Å². The number of aliphatic hydroxyl groups excluding tert-OH is 1. The lowest BCUT2D eigenvalue weighted by atomic mass is 10.2. The first kappa shape index (κ1) is 13.2. The minimum absolute atomic E-state index is 0.0632. The van der Waals surface area contributed by atoms with Gasteiger partial charge in [0.05, 0.1) is 6.61 Å². The van der Waals surface area contributed by atoms with Crippen LogP contribution in [0, 0.1) is 0 Å². The molecule has 0 spiro atoms. The summed E-state index contributed by atoms with van der Waals surface area (Å²) in [5, 5.41) is 14.2. The number of para-hydroxylation sites is 1. The summed E-state index contributed by atoms with van der Waals surface area (Å²) in [6.07, 6.45) is -0.596. The number of carbonyl (C=O) groups excluding carboxylic acids is 1. The average molecular weight is 264 g/mol. The molecule has 2 rings (SSSR count). The summed E-state index contributed by atoms with van der Waals surface area (Å²) in [6.45, 7) is 1.99. The lowest BCUT2D eigenvalue weighted by Crippen LogP contribution is -2.33. The molecule has 19 heavy (non-hydrogen) atoms. The molecule has 1 heterocycles. The minimum atomic E-state index is -0.623. The summed E-state index contributed by atoms with van der Waals surface area (Å²) in [5.74, 6) is -1.04. The van der Waals surface area contributed by atoms with Crippen molar-refractivity contribution in [3.63, 3.8) is 0 Å². The van der Waals surface area contributed by atoms with Gasteiger partial charge in [-0.3, -0.25) is 0 Å². The molecule has 1 unspecified atom stereocenters. The molecule has 1 aliphatic rings. The van der Waals surface area contributed by atoms with Crippen molar-refractivity contribution < 1.29 is 19.5 Å². The molecule has 0 amide bonds. The Hall–Kier alpha value is -2.21. The maximum atomic E-state index is 11.7. The molecule has 1 aliphatic heterocycles. The van der Waals surface area contributed by atoms with E-state index in [1.54, 1.807) is 14.0 Å². The van der Waals surface area contributed by atoms with Crippen molar-refractivity contribution >= 4 is 11.7 Å². The van der Waals surface area contributed by atoms with Crippen molar-refractivity contribution in [2.45, 2.75) is 13.1 Å². The maximum absolute atomic E-state index is 11.7. The highest BCUT2D eigenvalue weighted by molar-refractivity contribution is 5.92. The zero-order chi connectivity index (χ0) is 13.8. The molecule has 0 aromatic heterocycles. The van der Waals surface area contributed by atoms with Crippen LogP contribution in [0.25, 0.3) is 0 Å². The molecule has 1 aromatic rings. The van der Waals surface area contributed by atoms with Crippen molar-refractivity contribution in [1.82, 2.24) is 5.06 Å². The van der Waals surface area contributed by atoms with Crippen molar-refractivity contribution in [3.8, 4) is 0 Å². The summed E-state index contributed by atoms with van der Waals surface area (Å²) >= 11 is 0. The molecule has 1 saturated heterocycles. The molecule has 0 aliphatic carbocycles. The zero-order valence-electron chi connectivity index (χ0n) is 10.8. The average Bonchev–Trinajstić information content (AvgIpc) is 2.66. The first-order chi connectivity index (χ1) is 9.13. The number of benzene rings is 1. The van der Waals surface area contributed by atoms with Crippen LogP contribution in [0.1, 0.15) is 6.92 Å². The van der Waals surface area contributed by atoms with Crippen LogP contribution in [0.3, 0.4) is 0 Å². The summed E-state index contributed by atoms with van der Waals surface area (Å²) in [6, 6.07) is 9.33. The van der Waals surface area contributed by atoms with Gasteiger partial charge in [0.15, 0.2) is 11.7 Å². The van der Waals surface area contributed by atoms with Gasteiger partial charge < -0.3 is 20.0 Å². The number of hydrogen-bond acceptors (Lipinski definition) is 6. The van der Waals surface area contributed by atoms with E-state index in [1.165, 1.54) is 5.06 Å². The van der Waals surface area contributed by atoms with E-state index in [1.807, 2.05) is 30.3 Å². The number of carbonyl (C=O) groups is 1. The molecule has 102 valence electrons. The number of aliphatic hydroxyl groups is 1. The predicted octanol–water partition coefficient (Wildman–Crippen LogP) is 1.63. The summed E-state index contributed by atoms with van der Waals surface area (Å²) in [5.41, 5.74) is 0.868. The Balaban J connectivity index is 2.25. The van der Waals surface area contributed by atoms with Crippen molar-refractivity contribution in [2.24, 2.45) is 0 Å². The number of likely N-dealkylation sites (N-methyl/N-ethyl adjacent to an activating group) is 1. The van der Waals surface area contributed by atoms with Crippen LogP contribution in [-0.4, -0.2) is 36.0 Å². The quantitative estimate of drug-likeness (QED) is 0.636. The van der Waals surface area contributed by atoms with Crippen molar-refractivity contribution in [1.29, 1.82) is 0 Å². The van der Waals surface area contributed by atoms with Gasteiger partial charge in [0.2, 0.25) is 0 Å². The van der Waals surface area contributed by atoms with Crippen LogP contribution < -0.4 is 5.32 Å². The lowest BCUT2D eigenvalue weighted by Gasteiger charge is -2.19. The van der Waals surface area contributed by atoms with Gasteiger partial charge in [-0.1, -0.05) is 18.2 Å². The van der Waals surface area contributed by atoms with E-state index in [2.05, 4.69) is 5.32 Å². The molecule has 1 aromatic carbocycles. The highest BCUT2D eigenvalue weighted by Gasteiger charge is 2.40. The van der Waals surface area contributed by atoms with E-state index in [-0.39, 0.29) is 12.2 Å². The third-order valence-corrected chi connectivity index (χ3v) is 2.67. The molecule has 6 heteroatoms. The Morgan fingerprint density at radius 1 is 1.47 bits per heavy atom. The smallest absolute Gasteiger partial charge is 0.363 e. The third kappa shape index (κ3) is 2.79. The molecule has 0 bridgehead atoms. The Morgan fingerprint density at radius 2 is 2.16 bits per heavy atom. The monoisotopic (exact) mass is 264 g/mol. The summed E-state index contributed by atoms with van der Waals surface area (Å²) in [7, 11) is 1.60. The van der Waals surface area contributed by atoms with E-state index in [0.29, 0.717) is 0 Å². The van der Waals surface area contributed by atoms with Crippen molar-refractivity contribution in [2.75, 3.05) is 19.0 Å². The molecular formula is C13H16N2O4. The fraction of sp³-hybridized carbons (Fsp3) is 0.308. The molecule has 0 saturated carbocycles. The van der Waals surface area contributed by atoms with Gasteiger partial charge in [0.25, 0.3) is 5.95 Å². The topological polar surface area (TPSA) is 71.0 Å². The van der Waals surface area contributed by atoms with Crippen LogP contribution in [-0.2, 0) is 14.4 Å². The first-order valence-corrected chi connectivity index (χ1v) is 5.96. The van der Waals surface area contributed by atoms with Gasteiger partial charge in [-0.15, -0.1) is 5.06 Å². The minimum Gasteiger partial charge on any atom is -0.481 e. The zero-order valence-corrected chi connectivity index (χ0v) is 10.8. The van der Waals surface area contributed by atoms with Crippen LogP contribution >= 0.6 is 0 Å². The number of nitrogens with one attached hydrogen (secondary N) is 1. The number of nitrogens with zero attached hydrogens (tertiary/aromatic N) is 1. The Labute approximate surface area is 111 Å². The van der Waals surface area contributed by atoms with E-state index >= 15 is 0 Å². The van der Waals surface area contributed by atoms with E-state index < -0.39 is 18.1 Å².